The number of nitrogens with two attached hydrogens (primary N) is 2. The van der Waals surface area contributed by atoms with Gasteiger partial charge in [-0.05, 0) is 12.1 Å². The van der Waals surface area contributed by atoms with Crippen LogP contribution in [-0.2, 0) is 0 Å². The van der Waals surface area contributed by atoms with Gasteiger partial charge in [-0.2, -0.15) is 22.7 Å². The molecule has 0 aliphatic carbocycles. The lowest BCUT2D eigenvalue weighted by Gasteiger charge is -2.31. The van der Waals surface area contributed by atoms with Crippen LogP contribution in [-0.4, -0.2) is 29.6 Å². The van der Waals surface area contributed by atoms with Crippen molar-refractivity contribution < 1.29 is 27.0 Å². The fourth-order valence-electron chi connectivity index (χ4n) is 1.71. The van der Waals surface area contributed by atoms with Crippen LogP contribution in [0, 0.1) is 0 Å². The molecule has 12 heteroatoms. The zero-order chi connectivity index (χ0) is 16.8. The van der Waals surface area contributed by atoms with Gasteiger partial charge in [-0.3, -0.25) is 5.43 Å². The number of halogens is 4. The van der Waals surface area contributed by atoms with Crippen molar-refractivity contribution in [3.05, 3.63) is 18.2 Å². The molecule has 0 fully saturated rings. The van der Waals surface area contributed by atoms with Gasteiger partial charge in [-0.25, -0.2) is 0 Å². The Morgan fingerprint density at radius 3 is 2.13 bits per heavy atom. The molecule has 1 aromatic carbocycles. The molecule has 0 aromatic heterocycles. The van der Waals surface area contributed by atoms with Crippen LogP contribution < -0.4 is 26.4 Å². The summed E-state index contributed by atoms with van der Waals surface area (Å²) in [6, 6.07) is 3.27. The van der Waals surface area contributed by atoms with E-state index in [-0.39, 0.29) is 23.1 Å². The van der Waals surface area contributed by atoms with E-state index >= 15 is 0 Å². The highest BCUT2D eigenvalue weighted by atomic mass is 19.3. The van der Waals surface area contributed by atoms with Crippen molar-refractivity contribution in [2.45, 2.75) is 12.2 Å². The Morgan fingerprint density at radius 2 is 1.52 bits per heavy atom. The minimum absolute atomic E-state index is 0.0429. The molecule has 0 amide bonds. The fourth-order valence-corrected chi connectivity index (χ4v) is 1.71. The Labute approximate surface area is 125 Å². The number of ether oxygens (including phenoxy) is 2. The van der Waals surface area contributed by atoms with E-state index in [4.69, 9.17) is 11.5 Å². The normalized spacial score (nSPS) is 20.6. The first-order valence-corrected chi connectivity index (χ1v) is 5.98. The van der Waals surface area contributed by atoms with Crippen molar-refractivity contribution in [2.24, 2.45) is 26.8 Å². The Balaban J connectivity index is 1.84. The number of rotatable bonds is 2. The quantitative estimate of drug-likeness (QED) is 0.552. The summed E-state index contributed by atoms with van der Waals surface area (Å²) in [5.74, 6) is -1.21. The molecule has 1 aromatic rings. The molecule has 0 radical (unpaired) electrons. The number of amidine groups is 2. The molecule has 8 nitrogen and oxygen atoms in total. The second-order valence-electron chi connectivity index (χ2n) is 4.44. The third-order valence-corrected chi connectivity index (χ3v) is 2.81. The number of hydrogen-bond acceptors (Lipinski definition) is 8. The van der Waals surface area contributed by atoms with Gasteiger partial charge in [0.25, 0.3) is 0 Å². The molecule has 0 saturated heterocycles. The number of nitrogens with zero attached hydrogens (tertiary/aromatic N) is 3. The first-order valence-electron chi connectivity index (χ1n) is 5.98. The standard InChI is InChI=1S/C11H8F4N6O2/c12-10(13)11(14,15)23-6-3-4(1-2-5(6)22-10)18-19-7-8(16)20-21-9(7)17/h1-3,18H,(H4,16,17,19,20,21). The van der Waals surface area contributed by atoms with E-state index in [9.17, 15) is 17.6 Å². The first kappa shape index (κ1) is 14.9. The Kier molecular flexibility index (Phi) is 3.05. The third kappa shape index (κ3) is 2.47. The number of anilines is 1. The summed E-state index contributed by atoms with van der Waals surface area (Å²) in [4.78, 5) is 0. The van der Waals surface area contributed by atoms with Crippen molar-refractivity contribution in [1.82, 2.24) is 0 Å². The largest absolute Gasteiger partial charge is 0.507 e. The van der Waals surface area contributed by atoms with E-state index in [0.717, 1.165) is 12.1 Å². The Bertz CT molecular complexity index is 741. The summed E-state index contributed by atoms with van der Waals surface area (Å²) >= 11 is 0. The van der Waals surface area contributed by atoms with E-state index in [1.807, 2.05) is 0 Å². The van der Waals surface area contributed by atoms with Gasteiger partial charge < -0.3 is 20.9 Å². The van der Waals surface area contributed by atoms with Crippen molar-refractivity contribution >= 4 is 23.1 Å². The highest BCUT2D eigenvalue weighted by Gasteiger charge is 2.65. The van der Waals surface area contributed by atoms with E-state index in [0.29, 0.717) is 0 Å². The van der Waals surface area contributed by atoms with Crippen LogP contribution in [0.5, 0.6) is 11.5 Å². The summed E-state index contributed by atoms with van der Waals surface area (Å²) < 4.78 is 60.2. The average molecular weight is 332 g/mol. The molecule has 0 saturated carbocycles. The highest BCUT2D eigenvalue weighted by Crippen LogP contribution is 2.47. The summed E-state index contributed by atoms with van der Waals surface area (Å²) in [5, 5.41) is 10.7. The molecule has 0 spiro atoms. The van der Waals surface area contributed by atoms with Gasteiger partial charge in [0.1, 0.15) is 0 Å². The molecular weight excluding hydrogens is 324 g/mol. The molecule has 5 N–H and O–H groups in total. The van der Waals surface area contributed by atoms with Crippen LogP contribution in [0.2, 0.25) is 0 Å². The van der Waals surface area contributed by atoms with Crippen molar-refractivity contribution in [2.75, 3.05) is 5.43 Å². The number of nitrogens with one attached hydrogen (secondary N) is 1. The monoisotopic (exact) mass is 332 g/mol. The molecule has 0 bridgehead atoms. The molecule has 3 rings (SSSR count). The number of fused-ring (bicyclic) bond motifs is 1. The van der Waals surface area contributed by atoms with Gasteiger partial charge in [-0.15, -0.1) is 10.2 Å². The van der Waals surface area contributed by atoms with Crippen LogP contribution in [0.1, 0.15) is 0 Å². The summed E-state index contributed by atoms with van der Waals surface area (Å²) in [6.07, 6.45) is -9.57. The second-order valence-corrected chi connectivity index (χ2v) is 4.44. The lowest BCUT2D eigenvalue weighted by atomic mass is 10.2. The molecule has 0 unspecified atom stereocenters. The van der Waals surface area contributed by atoms with Gasteiger partial charge in [0.15, 0.2) is 28.9 Å². The molecule has 0 atom stereocenters. The van der Waals surface area contributed by atoms with Gasteiger partial charge in [0, 0.05) is 6.07 Å². The number of hydrogen-bond donors (Lipinski definition) is 3. The lowest BCUT2D eigenvalue weighted by Crippen LogP contribution is -2.52. The van der Waals surface area contributed by atoms with Crippen LogP contribution in [0.15, 0.2) is 33.5 Å². The van der Waals surface area contributed by atoms with Gasteiger partial charge in [0.05, 0.1) is 5.69 Å². The first-order chi connectivity index (χ1) is 10.7. The van der Waals surface area contributed by atoms with Crippen molar-refractivity contribution in [1.29, 1.82) is 0 Å². The summed E-state index contributed by atoms with van der Waals surface area (Å²) in [7, 11) is 0. The van der Waals surface area contributed by atoms with E-state index in [1.165, 1.54) is 6.07 Å². The minimum atomic E-state index is -4.80. The zero-order valence-electron chi connectivity index (χ0n) is 11.1. The van der Waals surface area contributed by atoms with Gasteiger partial charge >= 0.3 is 12.2 Å². The topological polar surface area (TPSA) is 120 Å². The van der Waals surface area contributed by atoms with E-state index < -0.39 is 23.7 Å². The van der Waals surface area contributed by atoms with Gasteiger partial charge in [-0.1, -0.05) is 0 Å². The average Bonchev–Trinajstić information content (AvgIpc) is 2.76. The summed E-state index contributed by atoms with van der Waals surface area (Å²) in [6.45, 7) is 0. The Hall–Kier alpha value is -3.05. The van der Waals surface area contributed by atoms with Crippen molar-refractivity contribution in [3.8, 4) is 11.5 Å². The molecular formula is C11H8F4N6O2. The summed E-state index contributed by atoms with van der Waals surface area (Å²) in [5.41, 5.74) is 13.6. The zero-order valence-corrected chi connectivity index (χ0v) is 11.1. The second kappa shape index (κ2) is 4.72. The molecule has 2 aliphatic rings. The molecule has 2 heterocycles. The van der Waals surface area contributed by atoms with E-state index in [1.54, 1.807) is 0 Å². The maximum absolute atomic E-state index is 13.1. The predicted octanol–water partition coefficient (Wildman–Crippen LogP) is 1.05. The van der Waals surface area contributed by atoms with Crippen LogP contribution in [0.4, 0.5) is 23.2 Å². The smallest absolute Gasteiger partial charge is 0.421 e. The van der Waals surface area contributed by atoms with Gasteiger partial charge in [0.2, 0.25) is 0 Å². The predicted molar refractivity (Wildman–Crippen MR) is 71.9 cm³/mol. The lowest BCUT2D eigenvalue weighted by molar-refractivity contribution is -0.391. The number of hydrazone groups is 1. The SMILES string of the molecule is NC1=NN=C(N)C1=NNc1ccc2c(c1)OC(F)(F)C(F)(F)O2. The van der Waals surface area contributed by atoms with Crippen LogP contribution in [0.25, 0.3) is 0 Å². The maximum atomic E-state index is 13.1. The maximum Gasteiger partial charge on any atom is 0.507 e. The molecule has 2 aliphatic heterocycles. The molecule has 122 valence electrons. The van der Waals surface area contributed by atoms with Crippen LogP contribution in [0.3, 0.4) is 0 Å². The Morgan fingerprint density at radius 1 is 0.957 bits per heavy atom. The number of benzene rings is 1. The van der Waals surface area contributed by atoms with Crippen molar-refractivity contribution in [3.63, 3.8) is 0 Å². The van der Waals surface area contributed by atoms with E-state index in [2.05, 4.69) is 30.2 Å². The minimum Gasteiger partial charge on any atom is -0.421 e. The van der Waals surface area contributed by atoms with Crippen LogP contribution >= 0.6 is 0 Å². The number of alkyl halides is 4. The highest BCUT2D eigenvalue weighted by molar-refractivity contribution is 6.68. The molecule has 23 heavy (non-hydrogen) atoms. The fraction of sp³-hybridized carbons (Fsp3) is 0.182. The third-order valence-electron chi connectivity index (χ3n) is 2.81.